The van der Waals surface area contributed by atoms with Crippen LogP contribution < -0.4 is 0 Å². The number of benzene rings is 1. The van der Waals surface area contributed by atoms with Gasteiger partial charge in [-0.25, -0.2) is 0 Å². The van der Waals surface area contributed by atoms with E-state index in [1.165, 1.54) is 5.56 Å². The van der Waals surface area contributed by atoms with Gasteiger partial charge in [-0.2, -0.15) is 15.3 Å². The maximum Gasteiger partial charge on any atom is 0.0783 e. The van der Waals surface area contributed by atoms with Gasteiger partial charge in [-0.15, -0.1) is 0 Å². The molecule has 2 rings (SSSR count). The zero-order valence-electron chi connectivity index (χ0n) is 9.31. The minimum atomic E-state index is 0.295. The molecule has 0 saturated heterocycles. The Hall–Kier alpha value is -1.64. The molecule has 0 amide bonds. The van der Waals surface area contributed by atoms with E-state index in [2.05, 4.69) is 29.3 Å². The third kappa shape index (κ3) is 1.91. The molecular weight excluding hydrogens is 186 g/mol. The summed E-state index contributed by atoms with van der Waals surface area (Å²) in [5, 5.41) is 10.4. The average Bonchev–Trinajstić information content (AvgIpc) is 2.24. The first-order valence-corrected chi connectivity index (χ1v) is 5.11. The average molecular weight is 201 g/mol. The van der Waals surface area contributed by atoms with Crippen molar-refractivity contribution in [2.75, 3.05) is 7.05 Å². The van der Waals surface area contributed by atoms with Gasteiger partial charge in [0, 0.05) is 18.7 Å². The highest BCUT2D eigenvalue weighted by Gasteiger charge is 2.20. The Labute approximate surface area is 90.1 Å². The summed E-state index contributed by atoms with van der Waals surface area (Å²) in [6.07, 6.45) is 0. The molecule has 1 unspecified atom stereocenters. The normalized spacial score (nSPS) is 21.0. The van der Waals surface area contributed by atoms with Crippen LogP contribution >= 0.6 is 0 Å². The fourth-order valence-electron chi connectivity index (χ4n) is 1.69. The topological polar surface area (TPSA) is 28.0 Å². The van der Waals surface area contributed by atoms with Crippen molar-refractivity contribution in [3.63, 3.8) is 0 Å². The van der Waals surface area contributed by atoms with Crippen LogP contribution in [-0.4, -0.2) is 23.6 Å². The predicted octanol–water partition coefficient (Wildman–Crippen LogP) is 2.35. The summed E-state index contributed by atoms with van der Waals surface area (Å²) in [6.45, 7) is 4.18. The maximum absolute atomic E-state index is 4.45. The zero-order chi connectivity index (χ0) is 10.8. The van der Waals surface area contributed by atoms with E-state index >= 15 is 0 Å². The lowest BCUT2D eigenvalue weighted by Gasteiger charge is -2.23. The van der Waals surface area contributed by atoms with Gasteiger partial charge in [0.15, 0.2) is 0 Å². The molecule has 0 spiro atoms. The van der Waals surface area contributed by atoms with Gasteiger partial charge < -0.3 is 0 Å². The molecule has 0 aliphatic carbocycles. The largest absolute Gasteiger partial charge is 0.188 e. The number of hydrazone groups is 2. The second kappa shape index (κ2) is 3.85. The monoisotopic (exact) mass is 201 g/mol. The van der Waals surface area contributed by atoms with Gasteiger partial charge >= 0.3 is 0 Å². The summed E-state index contributed by atoms with van der Waals surface area (Å²) < 4.78 is 0. The zero-order valence-corrected chi connectivity index (χ0v) is 9.31. The molecule has 3 heteroatoms. The molecule has 1 aliphatic rings. The quantitative estimate of drug-likeness (QED) is 0.685. The predicted molar refractivity (Wildman–Crippen MR) is 63.0 cm³/mol. The van der Waals surface area contributed by atoms with Crippen molar-refractivity contribution in [3.05, 3.63) is 35.9 Å². The van der Waals surface area contributed by atoms with Gasteiger partial charge in [0.25, 0.3) is 0 Å². The van der Waals surface area contributed by atoms with Crippen LogP contribution in [0.1, 0.15) is 19.4 Å². The highest BCUT2D eigenvalue weighted by atomic mass is 15.7. The second-order valence-electron chi connectivity index (χ2n) is 3.80. The molecule has 1 heterocycles. The van der Waals surface area contributed by atoms with Crippen LogP contribution in [0.25, 0.3) is 0 Å². The Morgan fingerprint density at radius 1 is 1.13 bits per heavy atom. The fraction of sp³-hybridized carbons (Fsp3) is 0.333. The van der Waals surface area contributed by atoms with E-state index in [1.807, 2.05) is 32.2 Å². The van der Waals surface area contributed by atoms with E-state index < -0.39 is 0 Å². The second-order valence-corrected chi connectivity index (χ2v) is 3.80. The van der Waals surface area contributed by atoms with Crippen molar-refractivity contribution < 1.29 is 0 Å². The van der Waals surface area contributed by atoms with Gasteiger partial charge in [-0.1, -0.05) is 37.3 Å². The minimum absolute atomic E-state index is 0.295. The number of nitrogens with zero attached hydrogens (tertiary/aromatic N) is 3. The first-order chi connectivity index (χ1) is 7.18. The molecule has 0 N–H and O–H groups in total. The highest BCUT2D eigenvalue weighted by molar-refractivity contribution is 6.14. The van der Waals surface area contributed by atoms with Crippen LogP contribution in [0.15, 0.2) is 40.5 Å². The third-order valence-electron chi connectivity index (χ3n) is 2.66. The molecular formula is C12H15N3. The maximum atomic E-state index is 4.45. The Bertz CT molecular complexity index is 406. The first kappa shape index (κ1) is 9.90. The summed E-state index contributed by atoms with van der Waals surface area (Å²) >= 11 is 0. The lowest BCUT2D eigenvalue weighted by Crippen LogP contribution is -2.28. The molecule has 0 bridgehead atoms. The van der Waals surface area contributed by atoms with Crippen LogP contribution in [-0.2, 0) is 0 Å². The van der Waals surface area contributed by atoms with Crippen LogP contribution in [0.3, 0.4) is 0 Å². The van der Waals surface area contributed by atoms with Crippen LogP contribution in [0.4, 0.5) is 0 Å². The summed E-state index contributed by atoms with van der Waals surface area (Å²) in [7, 11) is 1.86. The van der Waals surface area contributed by atoms with Gasteiger partial charge in [0.1, 0.15) is 0 Å². The van der Waals surface area contributed by atoms with E-state index in [-0.39, 0.29) is 0 Å². The first-order valence-electron chi connectivity index (χ1n) is 5.11. The number of hydrogen-bond donors (Lipinski definition) is 0. The SMILES string of the molecule is CC1=NN(C)N=C(c2ccccc2)C1C. The Kier molecular flexibility index (Phi) is 2.54. The van der Waals surface area contributed by atoms with E-state index in [4.69, 9.17) is 0 Å². The minimum Gasteiger partial charge on any atom is -0.188 e. The van der Waals surface area contributed by atoms with E-state index in [0.717, 1.165) is 11.4 Å². The molecule has 0 fully saturated rings. The molecule has 3 nitrogen and oxygen atoms in total. The van der Waals surface area contributed by atoms with Crippen molar-refractivity contribution in [2.45, 2.75) is 13.8 Å². The molecule has 1 aromatic carbocycles. The lowest BCUT2D eigenvalue weighted by molar-refractivity contribution is 0.366. The molecule has 78 valence electrons. The van der Waals surface area contributed by atoms with Crippen LogP contribution in [0.2, 0.25) is 0 Å². The molecule has 0 radical (unpaired) electrons. The molecule has 1 aromatic rings. The summed E-state index contributed by atoms with van der Waals surface area (Å²) in [5.41, 5.74) is 3.36. The summed E-state index contributed by atoms with van der Waals surface area (Å²) in [5.74, 6) is 0.295. The van der Waals surface area contributed by atoms with Crippen molar-refractivity contribution in [1.29, 1.82) is 0 Å². The van der Waals surface area contributed by atoms with Gasteiger partial charge in [0.2, 0.25) is 0 Å². The fourth-order valence-corrected chi connectivity index (χ4v) is 1.69. The molecule has 0 aromatic heterocycles. The van der Waals surface area contributed by atoms with Gasteiger partial charge in [-0.3, -0.25) is 0 Å². The van der Waals surface area contributed by atoms with Crippen molar-refractivity contribution in [2.24, 2.45) is 16.1 Å². The molecule has 1 atom stereocenters. The summed E-state index contributed by atoms with van der Waals surface area (Å²) in [6, 6.07) is 10.3. The number of rotatable bonds is 1. The lowest BCUT2D eigenvalue weighted by atomic mass is 9.94. The van der Waals surface area contributed by atoms with E-state index in [1.54, 1.807) is 5.12 Å². The number of hydrogen-bond acceptors (Lipinski definition) is 3. The third-order valence-corrected chi connectivity index (χ3v) is 2.66. The van der Waals surface area contributed by atoms with E-state index in [0.29, 0.717) is 5.92 Å². The van der Waals surface area contributed by atoms with Gasteiger partial charge in [-0.05, 0) is 12.5 Å². The Morgan fingerprint density at radius 3 is 2.47 bits per heavy atom. The van der Waals surface area contributed by atoms with Crippen LogP contribution in [0, 0.1) is 5.92 Å². The molecule has 1 aliphatic heterocycles. The van der Waals surface area contributed by atoms with E-state index in [9.17, 15) is 0 Å². The van der Waals surface area contributed by atoms with Crippen molar-refractivity contribution >= 4 is 11.4 Å². The van der Waals surface area contributed by atoms with Crippen molar-refractivity contribution in [3.8, 4) is 0 Å². The molecule has 0 saturated carbocycles. The highest BCUT2D eigenvalue weighted by Crippen LogP contribution is 2.16. The summed E-state index contributed by atoms with van der Waals surface area (Å²) in [4.78, 5) is 0. The van der Waals surface area contributed by atoms with Gasteiger partial charge in [0.05, 0.1) is 5.71 Å². The Balaban J connectivity index is 2.38. The standard InChI is InChI=1S/C12H15N3/c1-9-10(2)13-15(3)14-12(9)11-7-5-4-6-8-11/h4-9H,1-3H3. The Morgan fingerprint density at radius 2 is 1.80 bits per heavy atom. The smallest absolute Gasteiger partial charge is 0.0783 e. The van der Waals surface area contributed by atoms with Crippen molar-refractivity contribution in [1.82, 2.24) is 5.12 Å². The van der Waals surface area contributed by atoms with Crippen LogP contribution in [0.5, 0.6) is 0 Å². The molecule has 15 heavy (non-hydrogen) atoms.